The van der Waals surface area contributed by atoms with Gasteiger partial charge in [-0.2, -0.15) is 0 Å². The molecule has 2 rings (SSSR count). The Balaban J connectivity index is 0.00000125. The molecule has 1 fully saturated rings. The third-order valence-electron chi connectivity index (χ3n) is 4.42. The van der Waals surface area contributed by atoms with Crippen molar-refractivity contribution in [2.24, 2.45) is 0 Å². The number of carbonyl (C=O) groups is 4. The van der Waals surface area contributed by atoms with Crippen LogP contribution in [-0.4, -0.2) is 101 Å². The highest BCUT2D eigenvalue weighted by Gasteiger charge is 2.40. The van der Waals surface area contributed by atoms with Crippen molar-refractivity contribution in [2.75, 3.05) is 34.2 Å². The third kappa shape index (κ3) is 8.97. The summed E-state index contributed by atoms with van der Waals surface area (Å²) in [4.78, 5) is 45.7. The number of likely N-dealkylation sites (tertiary alicyclic amines) is 1. The number of carbonyl (C=O) groups excluding carboxylic acids is 1. The smallest absolute Gasteiger partial charge is 0.326 e. The molecule has 0 aliphatic carbocycles. The van der Waals surface area contributed by atoms with E-state index in [-0.39, 0.29) is 37.3 Å². The number of likely N-dealkylation sites (N-methyl/N-ethyl adjacent to an activating group) is 2. The standard InChI is InChI=1S/C17H24FN3O3.2CH2O2/c1-19(2)13-8-15(17(23)24)21(10-13)16(22)11-20(3)9-12-6-4-5-7-14(12)18;2*2-1-3/h4-7,13,15H,8-11H2,1-3H3,(H,23,24);2*1H,(H,2,3)/t13-,15+;;/m1../s1. The number of halogens is 1. The number of aliphatic carboxylic acids is 1. The van der Waals surface area contributed by atoms with Crippen LogP contribution < -0.4 is 0 Å². The second kappa shape index (κ2) is 14.0. The predicted molar refractivity (Wildman–Crippen MR) is 105 cm³/mol. The zero-order valence-electron chi connectivity index (χ0n) is 17.1. The highest BCUT2D eigenvalue weighted by atomic mass is 19.1. The van der Waals surface area contributed by atoms with Crippen LogP contribution in [-0.2, 0) is 25.7 Å². The number of nitrogens with zero attached hydrogens (tertiary/aromatic N) is 3. The van der Waals surface area contributed by atoms with Crippen molar-refractivity contribution in [1.29, 1.82) is 0 Å². The van der Waals surface area contributed by atoms with E-state index in [0.29, 0.717) is 25.1 Å². The predicted octanol–water partition coefficient (Wildman–Crippen LogP) is 0.275. The molecule has 0 radical (unpaired) electrons. The largest absolute Gasteiger partial charge is 0.483 e. The Morgan fingerprint density at radius 1 is 1.17 bits per heavy atom. The molecule has 30 heavy (non-hydrogen) atoms. The number of rotatable bonds is 6. The maximum atomic E-state index is 13.7. The number of hydrogen-bond acceptors (Lipinski definition) is 6. The Kier molecular flexibility index (Phi) is 12.6. The summed E-state index contributed by atoms with van der Waals surface area (Å²) in [6.07, 6.45) is 0.422. The van der Waals surface area contributed by atoms with E-state index in [0.717, 1.165) is 0 Å². The highest BCUT2D eigenvalue weighted by molar-refractivity contribution is 5.85. The number of carboxylic acids is 1. The molecule has 0 saturated carbocycles. The molecule has 0 unspecified atom stereocenters. The quantitative estimate of drug-likeness (QED) is 0.544. The van der Waals surface area contributed by atoms with Gasteiger partial charge in [-0.15, -0.1) is 0 Å². The number of amides is 1. The van der Waals surface area contributed by atoms with E-state index in [1.165, 1.54) is 11.0 Å². The first-order chi connectivity index (χ1) is 14.1. The minimum Gasteiger partial charge on any atom is -0.483 e. The van der Waals surface area contributed by atoms with Crippen LogP contribution >= 0.6 is 0 Å². The van der Waals surface area contributed by atoms with Gasteiger partial charge in [0.2, 0.25) is 5.91 Å². The van der Waals surface area contributed by atoms with Gasteiger partial charge in [0.25, 0.3) is 12.9 Å². The Bertz CT molecular complexity index is 696. The first-order valence-electron chi connectivity index (χ1n) is 8.89. The number of benzene rings is 1. The summed E-state index contributed by atoms with van der Waals surface area (Å²) in [5.74, 6) is -1.54. The summed E-state index contributed by atoms with van der Waals surface area (Å²) in [7, 11) is 5.48. The van der Waals surface area contributed by atoms with E-state index >= 15 is 0 Å². The van der Waals surface area contributed by atoms with Crippen molar-refractivity contribution in [3.63, 3.8) is 0 Å². The average molecular weight is 429 g/mol. The number of carboxylic acid groups (broad SMARTS) is 3. The first kappa shape index (κ1) is 27.0. The second-order valence-corrected chi connectivity index (χ2v) is 6.73. The van der Waals surface area contributed by atoms with Crippen molar-refractivity contribution < 1.29 is 38.9 Å². The molecule has 0 bridgehead atoms. The topological polar surface area (TPSA) is 139 Å². The van der Waals surface area contributed by atoms with E-state index in [1.54, 1.807) is 30.1 Å². The van der Waals surface area contributed by atoms with E-state index in [1.807, 2.05) is 19.0 Å². The van der Waals surface area contributed by atoms with Gasteiger partial charge in [-0.25, -0.2) is 9.18 Å². The summed E-state index contributed by atoms with van der Waals surface area (Å²) in [5.41, 5.74) is 0.509. The molecule has 0 spiro atoms. The van der Waals surface area contributed by atoms with Gasteiger partial charge in [0.05, 0.1) is 6.54 Å². The fraction of sp³-hybridized carbons (Fsp3) is 0.474. The monoisotopic (exact) mass is 429 g/mol. The molecule has 0 aromatic heterocycles. The van der Waals surface area contributed by atoms with E-state index < -0.39 is 12.0 Å². The molecule has 1 aliphatic rings. The molecule has 1 heterocycles. The molecule has 10 nitrogen and oxygen atoms in total. The van der Waals surface area contributed by atoms with Crippen LogP contribution in [0.4, 0.5) is 4.39 Å². The summed E-state index contributed by atoms with van der Waals surface area (Å²) in [5, 5.41) is 23.1. The van der Waals surface area contributed by atoms with Crippen molar-refractivity contribution in [3.05, 3.63) is 35.6 Å². The molecule has 1 aromatic carbocycles. The van der Waals surface area contributed by atoms with Gasteiger partial charge < -0.3 is 25.1 Å². The lowest BCUT2D eigenvalue weighted by atomic mass is 10.1. The van der Waals surface area contributed by atoms with Crippen LogP contribution in [0, 0.1) is 5.82 Å². The summed E-state index contributed by atoms with van der Waals surface area (Å²) in [6.45, 7) is 0.246. The normalized spacial score (nSPS) is 17.5. The van der Waals surface area contributed by atoms with Crippen LogP contribution in [0.2, 0.25) is 0 Å². The molecule has 1 aromatic rings. The fourth-order valence-electron chi connectivity index (χ4n) is 2.99. The number of hydrogen-bond donors (Lipinski definition) is 3. The minimum absolute atomic E-state index is 0.0342. The van der Waals surface area contributed by atoms with Gasteiger partial charge in [-0.1, -0.05) is 18.2 Å². The van der Waals surface area contributed by atoms with Gasteiger partial charge in [-0.05, 0) is 33.6 Å². The Morgan fingerprint density at radius 3 is 2.17 bits per heavy atom. The van der Waals surface area contributed by atoms with Crippen LogP contribution in [0.3, 0.4) is 0 Å². The van der Waals surface area contributed by atoms with Gasteiger partial charge >= 0.3 is 5.97 Å². The molecule has 1 amide bonds. The molecule has 3 N–H and O–H groups in total. The maximum absolute atomic E-state index is 13.7. The van der Waals surface area contributed by atoms with E-state index in [2.05, 4.69) is 0 Å². The van der Waals surface area contributed by atoms with Crippen molar-refractivity contribution in [3.8, 4) is 0 Å². The zero-order chi connectivity index (χ0) is 23.3. The first-order valence-corrected chi connectivity index (χ1v) is 8.89. The maximum Gasteiger partial charge on any atom is 0.326 e. The second-order valence-electron chi connectivity index (χ2n) is 6.73. The molecular weight excluding hydrogens is 401 g/mol. The lowest BCUT2D eigenvalue weighted by Gasteiger charge is -2.25. The SMILES string of the molecule is CN(CC(=O)N1C[C@H](N(C)C)C[C@H]1C(=O)O)Cc1ccccc1F.O=CO.O=CO. The molecule has 2 atom stereocenters. The fourth-order valence-corrected chi connectivity index (χ4v) is 2.99. The molecule has 168 valence electrons. The van der Waals surface area contributed by atoms with Crippen molar-refractivity contribution >= 4 is 24.8 Å². The van der Waals surface area contributed by atoms with Gasteiger partial charge in [0, 0.05) is 24.7 Å². The van der Waals surface area contributed by atoms with E-state index in [9.17, 15) is 19.1 Å². The third-order valence-corrected chi connectivity index (χ3v) is 4.42. The van der Waals surface area contributed by atoms with Crippen molar-refractivity contribution in [2.45, 2.75) is 25.0 Å². The summed E-state index contributed by atoms with van der Waals surface area (Å²) >= 11 is 0. The molecular formula is C19H28FN3O7. The molecule has 11 heteroatoms. The average Bonchev–Trinajstić information content (AvgIpc) is 3.11. The van der Waals surface area contributed by atoms with E-state index in [4.69, 9.17) is 19.8 Å². The van der Waals surface area contributed by atoms with Crippen LogP contribution in [0.5, 0.6) is 0 Å². The minimum atomic E-state index is -0.982. The van der Waals surface area contributed by atoms with Crippen LogP contribution in [0.15, 0.2) is 24.3 Å². The lowest BCUT2D eigenvalue weighted by molar-refractivity contribution is -0.148. The highest BCUT2D eigenvalue weighted by Crippen LogP contribution is 2.21. The van der Waals surface area contributed by atoms with Crippen molar-refractivity contribution in [1.82, 2.24) is 14.7 Å². The zero-order valence-corrected chi connectivity index (χ0v) is 17.1. The molecule has 1 saturated heterocycles. The Hall–Kier alpha value is -3.05. The molecule has 1 aliphatic heterocycles. The summed E-state index contributed by atoms with van der Waals surface area (Å²) < 4.78 is 13.7. The summed E-state index contributed by atoms with van der Waals surface area (Å²) in [6, 6.07) is 5.66. The van der Waals surface area contributed by atoms with Gasteiger partial charge in [0.1, 0.15) is 11.9 Å². The van der Waals surface area contributed by atoms with Gasteiger partial charge in [-0.3, -0.25) is 19.3 Å². The Morgan fingerprint density at radius 2 is 1.70 bits per heavy atom. The van der Waals surface area contributed by atoms with Gasteiger partial charge in [0.15, 0.2) is 0 Å². The lowest BCUT2D eigenvalue weighted by Crippen LogP contribution is -2.45. The Labute approximate surface area is 174 Å². The van der Waals surface area contributed by atoms with Crippen LogP contribution in [0.25, 0.3) is 0 Å². The van der Waals surface area contributed by atoms with Crippen LogP contribution in [0.1, 0.15) is 12.0 Å².